The predicted molar refractivity (Wildman–Crippen MR) is 82.0 cm³/mol. The van der Waals surface area contributed by atoms with Crippen LogP contribution >= 0.6 is 11.8 Å². The zero-order valence-corrected chi connectivity index (χ0v) is 12.1. The fourth-order valence-electron chi connectivity index (χ4n) is 1.82. The number of benzene rings is 2. The van der Waals surface area contributed by atoms with Crippen LogP contribution < -0.4 is 5.32 Å². The van der Waals surface area contributed by atoms with Gasteiger partial charge in [0.15, 0.2) is 0 Å². The standard InChI is InChI=1S/C16H17NO2S/c1-20-14-9-7-12(8-10-14)15(18)11-17-16(19)13-5-3-2-4-6-13/h2-10,15,18H,11H2,1H3,(H,17,19)/t15-/m0/s1. The molecule has 1 amide bonds. The molecule has 104 valence electrons. The molecule has 2 N–H and O–H groups in total. The van der Waals surface area contributed by atoms with E-state index in [1.165, 1.54) is 0 Å². The molecule has 1 atom stereocenters. The average molecular weight is 287 g/mol. The number of aliphatic hydroxyl groups excluding tert-OH is 1. The number of carbonyl (C=O) groups is 1. The van der Waals surface area contributed by atoms with Crippen molar-refractivity contribution in [1.29, 1.82) is 0 Å². The van der Waals surface area contributed by atoms with Crippen molar-refractivity contribution < 1.29 is 9.90 Å². The van der Waals surface area contributed by atoms with E-state index in [2.05, 4.69) is 5.32 Å². The first-order valence-corrected chi connectivity index (χ1v) is 7.58. The summed E-state index contributed by atoms with van der Waals surface area (Å²) in [5.41, 5.74) is 1.40. The second-order valence-electron chi connectivity index (χ2n) is 4.37. The summed E-state index contributed by atoms with van der Waals surface area (Å²) < 4.78 is 0. The van der Waals surface area contributed by atoms with Crippen LogP contribution in [0.4, 0.5) is 0 Å². The van der Waals surface area contributed by atoms with Gasteiger partial charge in [0.25, 0.3) is 5.91 Å². The zero-order chi connectivity index (χ0) is 14.4. The van der Waals surface area contributed by atoms with E-state index in [4.69, 9.17) is 0 Å². The highest BCUT2D eigenvalue weighted by atomic mass is 32.2. The van der Waals surface area contributed by atoms with Gasteiger partial charge in [-0.1, -0.05) is 30.3 Å². The van der Waals surface area contributed by atoms with Crippen molar-refractivity contribution >= 4 is 17.7 Å². The van der Waals surface area contributed by atoms with Crippen molar-refractivity contribution in [3.63, 3.8) is 0 Å². The SMILES string of the molecule is CSc1ccc([C@@H](O)CNC(=O)c2ccccc2)cc1. The lowest BCUT2D eigenvalue weighted by atomic mass is 10.1. The number of nitrogens with one attached hydrogen (secondary N) is 1. The largest absolute Gasteiger partial charge is 0.387 e. The molecule has 0 spiro atoms. The van der Waals surface area contributed by atoms with Gasteiger partial charge in [0, 0.05) is 17.0 Å². The van der Waals surface area contributed by atoms with Crippen molar-refractivity contribution in [3.05, 3.63) is 65.7 Å². The number of carbonyl (C=O) groups excluding carboxylic acids is 1. The molecule has 2 aromatic carbocycles. The lowest BCUT2D eigenvalue weighted by Crippen LogP contribution is -2.28. The van der Waals surface area contributed by atoms with E-state index in [0.29, 0.717) is 5.56 Å². The highest BCUT2D eigenvalue weighted by Gasteiger charge is 2.10. The Bertz CT molecular complexity index is 554. The van der Waals surface area contributed by atoms with E-state index in [1.54, 1.807) is 23.9 Å². The summed E-state index contributed by atoms with van der Waals surface area (Å²) in [6.45, 7) is 0.201. The van der Waals surface area contributed by atoms with E-state index >= 15 is 0 Å². The Kier molecular flexibility index (Phi) is 5.21. The summed E-state index contributed by atoms with van der Waals surface area (Å²) >= 11 is 1.65. The Morgan fingerprint density at radius 1 is 1.15 bits per heavy atom. The van der Waals surface area contributed by atoms with Crippen LogP contribution in [-0.4, -0.2) is 23.8 Å². The quantitative estimate of drug-likeness (QED) is 0.831. The smallest absolute Gasteiger partial charge is 0.251 e. The molecule has 0 aromatic heterocycles. The summed E-state index contributed by atoms with van der Waals surface area (Å²) in [6.07, 6.45) is 1.31. The van der Waals surface area contributed by atoms with Gasteiger partial charge < -0.3 is 10.4 Å². The van der Waals surface area contributed by atoms with Crippen LogP contribution in [0.1, 0.15) is 22.0 Å². The van der Waals surface area contributed by atoms with Gasteiger partial charge in [0.1, 0.15) is 0 Å². The minimum atomic E-state index is -0.696. The van der Waals surface area contributed by atoms with Crippen LogP contribution in [0.3, 0.4) is 0 Å². The summed E-state index contributed by atoms with van der Waals surface area (Å²) in [6, 6.07) is 16.7. The first-order valence-electron chi connectivity index (χ1n) is 6.36. The Hall–Kier alpha value is -1.78. The monoisotopic (exact) mass is 287 g/mol. The fourth-order valence-corrected chi connectivity index (χ4v) is 2.23. The van der Waals surface area contributed by atoms with Gasteiger partial charge in [-0.05, 0) is 36.1 Å². The highest BCUT2D eigenvalue weighted by molar-refractivity contribution is 7.98. The minimum Gasteiger partial charge on any atom is -0.387 e. The predicted octanol–water partition coefficient (Wildman–Crippen LogP) is 2.87. The normalized spacial score (nSPS) is 11.9. The third-order valence-corrected chi connectivity index (χ3v) is 3.74. The molecule has 3 nitrogen and oxygen atoms in total. The van der Waals surface area contributed by atoms with Crippen LogP contribution in [0, 0.1) is 0 Å². The number of thioether (sulfide) groups is 1. The molecule has 0 aliphatic rings. The molecule has 0 unspecified atom stereocenters. The third-order valence-electron chi connectivity index (χ3n) is 2.99. The maximum absolute atomic E-state index is 11.9. The Morgan fingerprint density at radius 2 is 1.80 bits per heavy atom. The number of aliphatic hydroxyl groups is 1. The van der Waals surface area contributed by atoms with Gasteiger partial charge in [-0.2, -0.15) is 0 Å². The lowest BCUT2D eigenvalue weighted by Gasteiger charge is -2.12. The molecule has 0 saturated carbocycles. The molecule has 0 heterocycles. The molecule has 0 aliphatic heterocycles. The molecule has 4 heteroatoms. The summed E-state index contributed by atoms with van der Waals surface area (Å²) in [5, 5.41) is 12.8. The van der Waals surface area contributed by atoms with Crippen LogP contribution in [0.15, 0.2) is 59.5 Å². The molecule has 20 heavy (non-hydrogen) atoms. The van der Waals surface area contributed by atoms with Crippen LogP contribution in [0.25, 0.3) is 0 Å². The van der Waals surface area contributed by atoms with Crippen molar-refractivity contribution in [2.24, 2.45) is 0 Å². The van der Waals surface area contributed by atoms with Gasteiger partial charge in [-0.3, -0.25) is 4.79 Å². The Morgan fingerprint density at radius 3 is 2.40 bits per heavy atom. The summed E-state index contributed by atoms with van der Waals surface area (Å²) in [7, 11) is 0. The summed E-state index contributed by atoms with van der Waals surface area (Å²) in [5.74, 6) is -0.176. The topological polar surface area (TPSA) is 49.3 Å². The fraction of sp³-hybridized carbons (Fsp3) is 0.188. The molecule has 0 radical (unpaired) electrons. The second kappa shape index (κ2) is 7.12. The first-order chi connectivity index (χ1) is 9.70. The Labute approximate surface area is 123 Å². The Balaban J connectivity index is 1.91. The number of hydrogen-bond acceptors (Lipinski definition) is 3. The number of rotatable bonds is 5. The van der Waals surface area contributed by atoms with Gasteiger partial charge in [-0.15, -0.1) is 11.8 Å². The molecule has 2 aromatic rings. The number of amides is 1. The van der Waals surface area contributed by atoms with E-state index in [9.17, 15) is 9.90 Å². The molecule has 2 rings (SSSR count). The molecular weight excluding hydrogens is 270 g/mol. The molecule has 0 bridgehead atoms. The minimum absolute atomic E-state index is 0.176. The third kappa shape index (κ3) is 3.85. The second-order valence-corrected chi connectivity index (χ2v) is 5.24. The van der Waals surface area contributed by atoms with Crippen LogP contribution in [0.5, 0.6) is 0 Å². The van der Waals surface area contributed by atoms with Crippen molar-refractivity contribution in [2.75, 3.05) is 12.8 Å². The molecular formula is C16H17NO2S. The van der Waals surface area contributed by atoms with Crippen molar-refractivity contribution in [2.45, 2.75) is 11.0 Å². The van der Waals surface area contributed by atoms with Crippen LogP contribution in [-0.2, 0) is 0 Å². The molecule has 0 fully saturated rings. The van der Waals surface area contributed by atoms with E-state index < -0.39 is 6.10 Å². The number of hydrogen-bond donors (Lipinski definition) is 2. The van der Waals surface area contributed by atoms with Gasteiger partial charge >= 0.3 is 0 Å². The molecule has 0 saturated heterocycles. The maximum atomic E-state index is 11.9. The van der Waals surface area contributed by atoms with Gasteiger partial charge in [0.05, 0.1) is 6.10 Å². The van der Waals surface area contributed by atoms with E-state index in [1.807, 2.05) is 48.7 Å². The van der Waals surface area contributed by atoms with Crippen molar-refractivity contribution in [1.82, 2.24) is 5.32 Å². The molecule has 0 aliphatic carbocycles. The van der Waals surface area contributed by atoms with Crippen LogP contribution in [0.2, 0.25) is 0 Å². The van der Waals surface area contributed by atoms with E-state index in [0.717, 1.165) is 10.5 Å². The average Bonchev–Trinajstić information content (AvgIpc) is 2.53. The van der Waals surface area contributed by atoms with Crippen molar-refractivity contribution in [3.8, 4) is 0 Å². The summed E-state index contributed by atoms with van der Waals surface area (Å²) in [4.78, 5) is 13.0. The van der Waals surface area contributed by atoms with E-state index in [-0.39, 0.29) is 12.5 Å². The maximum Gasteiger partial charge on any atom is 0.251 e. The zero-order valence-electron chi connectivity index (χ0n) is 11.2. The lowest BCUT2D eigenvalue weighted by molar-refractivity contribution is 0.0916. The first kappa shape index (κ1) is 14.6. The van der Waals surface area contributed by atoms with Gasteiger partial charge in [-0.25, -0.2) is 0 Å². The van der Waals surface area contributed by atoms with Gasteiger partial charge in [0.2, 0.25) is 0 Å². The highest BCUT2D eigenvalue weighted by Crippen LogP contribution is 2.18.